The van der Waals surface area contributed by atoms with E-state index in [4.69, 9.17) is 4.74 Å². The third-order valence-electron chi connectivity index (χ3n) is 4.61. The molecule has 0 bridgehead atoms. The Kier molecular flexibility index (Phi) is 4.52. The summed E-state index contributed by atoms with van der Waals surface area (Å²) in [4.78, 5) is 18.4. The van der Waals surface area contributed by atoms with Gasteiger partial charge >= 0.3 is 5.69 Å². The first-order chi connectivity index (χ1) is 13.3. The van der Waals surface area contributed by atoms with E-state index in [-0.39, 0.29) is 22.7 Å². The topological polar surface area (TPSA) is 72.3 Å². The maximum atomic E-state index is 13.8. The van der Waals surface area contributed by atoms with E-state index in [0.717, 1.165) is 35.9 Å². The molecule has 0 atom stereocenters. The molecule has 2 heterocycles. The minimum absolute atomic E-state index is 0.0637. The third kappa shape index (κ3) is 3.10. The normalized spacial score (nSPS) is 14.6. The van der Waals surface area contributed by atoms with Crippen molar-refractivity contribution in [2.24, 2.45) is 0 Å². The van der Waals surface area contributed by atoms with E-state index in [1.54, 1.807) is 0 Å². The second-order valence-corrected chi connectivity index (χ2v) is 6.43. The van der Waals surface area contributed by atoms with Crippen LogP contribution in [0.15, 0.2) is 16.9 Å². The fourth-order valence-electron chi connectivity index (χ4n) is 3.09. The zero-order chi connectivity index (χ0) is 20.0. The summed E-state index contributed by atoms with van der Waals surface area (Å²) in [5, 5.41) is 4.20. The number of nitrogens with zero attached hydrogens (tertiary/aromatic N) is 3. The van der Waals surface area contributed by atoms with Gasteiger partial charge in [0.15, 0.2) is 29.7 Å². The lowest BCUT2D eigenvalue weighted by Gasteiger charge is -2.24. The molecule has 3 aromatic rings. The molecule has 2 aromatic heterocycles. The summed E-state index contributed by atoms with van der Waals surface area (Å²) in [5.41, 5.74) is -0.494. The summed E-state index contributed by atoms with van der Waals surface area (Å²) in [6.45, 7) is -1.00. The minimum Gasteiger partial charge on any atom is -0.459 e. The van der Waals surface area contributed by atoms with Crippen LogP contribution in [-0.2, 0) is 0 Å². The Morgan fingerprint density at radius 2 is 1.89 bits per heavy atom. The van der Waals surface area contributed by atoms with Crippen molar-refractivity contribution < 1.29 is 26.7 Å². The van der Waals surface area contributed by atoms with Crippen molar-refractivity contribution >= 4 is 5.65 Å². The van der Waals surface area contributed by atoms with Gasteiger partial charge in [0.2, 0.25) is 0 Å². The highest BCUT2D eigenvalue weighted by Gasteiger charge is 2.30. The van der Waals surface area contributed by atoms with Crippen LogP contribution in [-0.4, -0.2) is 32.6 Å². The number of H-pyrrole nitrogens is 1. The van der Waals surface area contributed by atoms with Crippen LogP contribution in [0.5, 0.6) is 6.01 Å². The van der Waals surface area contributed by atoms with Crippen LogP contribution >= 0.6 is 0 Å². The van der Waals surface area contributed by atoms with E-state index in [1.807, 2.05) is 0 Å². The summed E-state index contributed by atoms with van der Waals surface area (Å²) in [6, 6.07) is 1.07. The number of fused-ring (bicyclic) bond motifs is 1. The van der Waals surface area contributed by atoms with Crippen LogP contribution in [0.3, 0.4) is 0 Å². The van der Waals surface area contributed by atoms with Crippen LogP contribution in [0.2, 0.25) is 0 Å². The molecule has 4 rings (SSSR count). The standard InChI is InChI=1S/C17H13F5N4O2/c18-9-4-8(5-10(19)13(9)22)12-14(7-2-1-3-7)25-26-15(12)23-16(24-17(26)27)28-6-11(20)21/h4-5,7,11H,1-3,6H2,(H,23,24,27). The molecule has 28 heavy (non-hydrogen) atoms. The Morgan fingerprint density at radius 1 is 1.21 bits per heavy atom. The van der Waals surface area contributed by atoms with Crippen molar-refractivity contribution in [3.63, 3.8) is 0 Å². The Hall–Kier alpha value is -2.98. The SMILES string of the molecule is O=c1[nH]c(OCC(F)F)nc2c(-c3cc(F)c(F)c(F)c3)c(C3CCC3)nn12. The maximum Gasteiger partial charge on any atom is 0.352 e. The zero-order valence-corrected chi connectivity index (χ0v) is 14.2. The summed E-state index contributed by atoms with van der Waals surface area (Å²) in [7, 11) is 0. The van der Waals surface area contributed by atoms with Gasteiger partial charge in [-0.15, -0.1) is 0 Å². The van der Waals surface area contributed by atoms with Gasteiger partial charge in [-0.2, -0.15) is 14.6 Å². The van der Waals surface area contributed by atoms with Crippen molar-refractivity contribution in [1.29, 1.82) is 0 Å². The molecule has 1 aliphatic rings. The van der Waals surface area contributed by atoms with Crippen molar-refractivity contribution in [3.05, 3.63) is 45.8 Å². The molecule has 0 unspecified atom stereocenters. The molecule has 1 fully saturated rings. The molecule has 0 aliphatic heterocycles. The fraction of sp³-hybridized carbons (Fsp3) is 0.353. The first-order valence-electron chi connectivity index (χ1n) is 8.44. The summed E-state index contributed by atoms with van der Waals surface area (Å²) in [6.07, 6.45) is -0.390. The van der Waals surface area contributed by atoms with Crippen LogP contribution in [0.4, 0.5) is 22.0 Å². The summed E-state index contributed by atoms with van der Waals surface area (Å²) >= 11 is 0. The van der Waals surface area contributed by atoms with Gasteiger partial charge in [0.25, 0.3) is 12.4 Å². The molecule has 1 saturated carbocycles. The van der Waals surface area contributed by atoms with E-state index in [9.17, 15) is 26.7 Å². The summed E-state index contributed by atoms with van der Waals surface area (Å²) in [5.74, 6) is -4.52. The number of nitrogens with one attached hydrogen (secondary N) is 1. The third-order valence-corrected chi connectivity index (χ3v) is 4.61. The average molecular weight is 400 g/mol. The van der Waals surface area contributed by atoms with E-state index in [1.165, 1.54) is 0 Å². The molecular formula is C17H13F5N4O2. The van der Waals surface area contributed by atoms with Crippen LogP contribution < -0.4 is 10.4 Å². The molecule has 1 aliphatic carbocycles. The van der Waals surface area contributed by atoms with Gasteiger partial charge < -0.3 is 4.74 Å². The summed E-state index contributed by atoms with van der Waals surface area (Å²) < 4.78 is 71.4. The first kappa shape index (κ1) is 18.4. The second-order valence-electron chi connectivity index (χ2n) is 6.43. The predicted molar refractivity (Wildman–Crippen MR) is 87.0 cm³/mol. The van der Waals surface area contributed by atoms with E-state index in [0.29, 0.717) is 5.69 Å². The molecule has 6 nitrogen and oxygen atoms in total. The van der Waals surface area contributed by atoms with Crippen LogP contribution in [0, 0.1) is 17.5 Å². The molecule has 0 spiro atoms. The van der Waals surface area contributed by atoms with Crippen molar-refractivity contribution in [1.82, 2.24) is 19.6 Å². The molecule has 11 heteroatoms. The predicted octanol–water partition coefficient (Wildman–Crippen LogP) is 3.41. The number of hydrogen-bond acceptors (Lipinski definition) is 4. The minimum atomic E-state index is -2.79. The Bertz CT molecular complexity index is 1080. The van der Waals surface area contributed by atoms with Gasteiger partial charge in [0, 0.05) is 5.92 Å². The quantitative estimate of drug-likeness (QED) is 0.526. The van der Waals surface area contributed by atoms with Gasteiger partial charge in [0.1, 0.15) is 0 Å². The lowest BCUT2D eigenvalue weighted by atomic mass is 9.80. The molecule has 1 aromatic carbocycles. The lowest BCUT2D eigenvalue weighted by Crippen LogP contribution is -2.21. The van der Waals surface area contributed by atoms with Gasteiger partial charge in [-0.05, 0) is 30.5 Å². The number of aromatic amines is 1. The molecule has 1 N–H and O–H groups in total. The number of aromatic nitrogens is 4. The van der Waals surface area contributed by atoms with Gasteiger partial charge in [-0.3, -0.25) is 4.98 Å². The van der Waals surface area contributed by atoms with Crippen LogP contribution in [0.25, 0.3) is 16.8 Å². The average Bonchev–Trinajstić information content (AvgIpc) is 2.95. The first-order valence-corrected chi connectivity index (χ1v) is 8.44. The monoisotopic (exact) mass is 400 g/mol. The van der Waals surface area contributed by atoms with Gasteiger partial charge in [0.05, 0.1) is 11.3 Å². The van der Waals surface area contributed by atoms with E-state index < -0.39 is 42.2 Å². The number of hydrogen-bond donors (Lipinski definition) is 1. The fourth-order valence-corrected chi connectivity index (χ4v) is 3.09. The molecule has 148 valence electrons. The van der Waals surface area contributed by atoms with E-state index >= 15 is 0 Å². The molecule has 0 saturated heterocycles. The van der Waals surface area contributed by atoms with Crippen molar-refractivity contribution in [3.8, 4) is 17.1 Å². The number of alkyl halides is 2. The van der Waals surface area contributed by atoms with Crippen molar-refractivity contribution in [2.75, 3.05) is 6.61 Å². The lowest BCUT2D eigenvalue weighted by molar-refractivity contribution is 0.0768. The maximum absolute atomic E-state index is 13.8. The number of ether oxygens (including phenoxy) is 1. The van der Waals surface area contributed by atoms with E-state index in [2.05, 4.69) is 15.1 Å². The molecule has 0 radical (unpaired) electrons. The highest BCUT2D eigenvalue weighted by molar-refractivity contribution is 5.80. The highest BCUT2D eigenvalue weighted by atomic mass is 19.3. The Balaban J connectivity index is 1.94. The highest BCUT2D eigenvalue weighted by Crippen LogP contribution is 2.42. The largest absolute Gasteiger partial charge is 0.459 e. The number of halogens is 5. The van der Waals surface area contributed by atoms with Crippen LogP contribution in [0.1, 0.15) is 30.9 Å². The van der Waals surface area contributed by atoms with Gasteiger partial charge in [-0.1, -0.05) is 6.42 Å². The molecule has 0 amide bonds. The number of benzene rings is 1. The Labute approximate surface area is 154 Å². The number of rotatable bonds is 5. The van der Waals surface area contributed by atoms with Gasteiger partial charge in [-0.25, -0.2) is 26.7 Å². The smallest absolute Gasteiger partial charge is 0.352 e. The van der Waals surface area contributed by atoms with Crippen molar-refractivity contribution in [2.45, 2.75) is 31.6 Å². The Morgan fingerprint density at radius 3 is 2.46 bits per heavy atom. The molecular weight excluding hydrogens is 387 g/mol. The zero-order valence-electron chi connectivity index (χ0n) is 14.2. The second kappa shape index (κ2) is 6.88.